The molecule has 0 saturated heterocycles. The molecule has 0 fully saturated rings. The minimum atomic E-state index is 0.246. The largest absolute Gasteiger partial charge is 0.492 e. The third-order valence-corrected chi connectivity index (χ3v) is 4.10. The van der Waals surface area contributed by atoms with Gasteiger partial charge in [-0.05, 0) is 42.9 Å². The lowest BCUT2D eigenvalue weighted by Crippen LogP contribution is -2.29. The van der Waals surface area contributed by atoms with Crippen molar-refractivity contribution < 1.29 is 4.74 Å². The molecule has 1 rings (SSSR count). The van der Waals surface area contributed by atoms with Crippen molar-refractivity contribution in [2.24, 2.45) is 0 Å². The van der Waals surface area contributed by atoms with Crippen molar-refractivity contribution in [3.63, 3.8) is 0 Å². The lowest BCUT2D eigenvalue weighted by molar-refractivity contribution is 0.304. The van der Waals surface area contributed by atoms with E-state index < -0.39 is 0 Å². The van der Waals surface area contributed by atoms with Gasteiger partial charge in [0, 0.05) is 12.6 Å². The van der Waals surface area contributed by atoms with Crippen molar-refractivity contribution in [2.45, 2.75) is 65.3 Å². The third-order valence-electron chi connectivity index (χ3n) is 4.10. The van der Waals surface area contributed by atoms with Crippen LogP contribution in [0.2, 0.25) is 0 Å². The molecule has 1 aromatic rings. The Morgan fingerprint density at radius 1 is 1.15 bits per heavy atom. The van der Waals surface area contributed by atoms with Gasteiger partial charge in [0.1, 0.15) is 12.4 Å². The van der Waals surface area contributed by atoms with Gasteiger partial charge in [-0.15, -0.1) is 0 Å². The number of hydrogen-bond acceptors (Lipinski definition) is 2. The number of nitrogens with one attached hydrogen (secondary N) is 1. The highest BCUT2D eigenvalue weighted by Crippen LogP contribution is 2.27. The predicted molar refractivity (Wildman–Crippen MR) is 87.6 cm³/mol. The molecule has 1 N–H and O–H groups in total. The highest BCUT2D eigenvalue weighted by Gasteiger charge is 2.17. The molecular weight excluding hydrogens is 246 g/mol. The molecule has 20 heavy (non-hydrogen) atoms. The molecule has 0 radical (unpaired) electrons. The number of rotatable bonds is 9. The van der Waals surface area contributed by atoms with Gasteiger partial charge in [-0.1, -0.05) is 46.2 Å². The van der Waals surface area contributed by atoms with Crippen LogP contribution < -0.4 is 10.1 Å². The first-order valence-corrected chi connectivity index (χ1v) is 7.96. The quantitative estimate of drug-likeness (QED) is 0.670. The molecule has 0 spiro atoms. The Hall–Kier alpha value is -1.02. The van der Waals surface area contributed by atoms with E-state index >= 15 is 0 Å². The summed E-state index contributed by atoms with van der Waals surface area (Å²) in [6.07, 6.45) is 3.59. The van der Waals surface area contributed by atoms with Gasteiger partial charge in [-0.3, -0.25) is 0 Å². The van der Waals surface area contributed by atoms with Gasteiger partial charge in [-0.2, -0.15) is 0 Å². The van der Waals surface area contributed by atoms with E-state index in [-0.39, 0.29) is 5.41 Å². The minimum absolute atomic E-state index is 0.246. The van der Waals surface area contributed by atoms with Gasteiger partial charge >= 0.3 is 0 Å². The summed E-state index contributed by atoms with van der Waals surface area (Å²) >= 11 is 0. The Balaban J connectivity index is 2.35. The Bertz CT molecular complexity index is 370. The van der Waals surface area contributed by atoms with Crippen LogP contribution in [0.15, 0.2) is 24.3 Å². The molecule has 0 amide bonds. The second kappa shape index (κ2) is 8.31. The molecule has 1 atom stereocenters. The van der Waals surface area contributed by atoms with Gasteiger partial charge in [0.25, 0.3) is 0 Å². The lowest BCUT2D eigenvalue weighted by atomic mass is 9.82. The second-order valence-electron chi connectivity index (χ2n) is 6.25. The number of benzene rings is 1. The van der Waals surface area contributed by atoms with E-state index in [0.717, 1.165) is 25.3 Å². The fourth-order valence-electron chi connectivity index (χ4n) is 2.22. The normalized spacial score (nSPS) is 13.2. The summed E-state index contributed by atoms with van der Waals surface area (Å²) < 4.78 is 5.77. The van der Waals surface area contributed by atoms with Crippen molar-refractivity contribution >= 4 is 0 Å². The Morgan fingerprint density at radius 3 is 2.35 bits per heavy atom. The van der Waals surface area contributed by atoms with E-state index in [0.29, 0.717) is 6.04 Å². The average molecular weight is 277 g/mol. The Kier molecular flexibility index (Phi) is 7.08. The first kappa shape index (κ1) is 17.0. The summed E-state index contributed by atoms with van der Waals surface area (Å²) in [5.41, 5.74) is 1.62. The van der Waals surface area contributed by atoms with Crippen LogP contribution in [0.1, 0.15) is 59.4 Å². The maximum Gasteiger partial charge on any atom is 0.119 e. The van der Waals surface area contributed by atoms with Crippen molar-refractivity contribution in [3.05, 3.63) is 29.8 Å². The van der Waals surface area contributed by atoms with E-state index in [9.17, 15) is 0 Å². The van der Waals surface area contributed by atoms with Crippen molar-refractivity contribution in [3.8, 4) is 5.75 Å². The van der Waals surface area contributed by atoms with E-state index in [1.807, 2.05) is 0 Å². The smallest absolute Gasteiger partial charge is 0.119 e. The summed E-state index contributed by atoms with van der Waals surface area (Å²) in [4.78, 5) is 0. The van der Waals surface area contributed by atoms with Crippen LogP contribution >= 0.6 is 0 Å². The summed E-state index contributed by atoms with van der Waals surface area (Å²) in [5.74, 6) is 0.964. The molecule has 114 valence electrons. The maximum absolute atomic E-state index is 5.77. The van der Waals surface area contributed by atoms with Gasteiger partial charge in [0.05, 0.1) is 0 Å². The first-order chi connectivity index (χ1) is 9.49. The number of ether oxygens (including phenoxy) is 1. The molecule has 0 aliphatic heterocycles. The maximum atomic E-state index is 5.77. The summed E-state index contributed by atoms with van der Waals surface area (Å²) in [7, 11) is 0. The summed E-state index contributed by atoms with van der Waals surface area (Å²) in [6.45, 7) is 12.9. The minimum Gasteiger partial charge on any atom is -0.492 e. The van der Waals surface area contributed by atoms with Gasteiger partial charge < -0.3 is 10.1 Å². The lowest BCUT2D eigenvalue weighted by Gasteiger charge is -2.23. The molecular formula is C18H31NO. The second-order valence-corrected chi connectivity index (χ2v) is 6.25. The molecule has 2 nitrogen and oxygen atoms in total. The molecule has 0 aliphatic rings. The zero-order valence-electron chi connectivity index (χ0n) is 13.8. The molecule has 0 aromatic heterocycles. The van der Waals surface area contributed by atoms with E-state index in [2.05, 4.69) is 64.2 Å². The molecule has 1 unspecified atom stereocenters. The highest BCUT2D eigenvalue weighted by molar-refractivity contribution is 5.31. The fourth-order valence-corrected chi connectivity index (χ4v) is 2.22. The first-order valence-electron chi connectivity index (χ1n) is 7.96. The van der Waals surface area contributed by atoms with Crippen LogP contribution in [0.4, 0.5) is 0 Å². The molecule has 2 heteroatoms. The van der Waals surface area contributed by atoms with Gasteiger partial charge in [0.15, 0.2) is 0 Å². The monoisotopic (exact) mass is 277 g/mol. The van der Waals surface area contributed by atoms with Crippen LogP contribution in [0.25, 0.3) is 0 Å². The van der Waals surface area contributed by atoms with Crippen LogP contribution in [0.5, 0.6) is 5.75 Å². The highest BCUT2D eigenvalue weighted by atomic mass is 16.5. The van der Waals surface area contributed by atoms with Crippen LogP contribution in [0.3, 0.4) is 0 Å². The van der Waals surface area contributed by atoms with Crippen molar-refractivity contribution in [1.82, 2.24) is 5.32 Å². The van der Waals surface area contributed by atoms with Gasteiger partial charge in [0.2, 0.25) is 0 Å². The number of hydrogen-bond donors (Lipinski definition) is 1. The van der Waals surface area contributed by atoms with Crippen LogP contribution in [-0.2, 0) is 5.41 Å². The summed E-state index contributed by atoms with van der Waals surface area (Å²) in [5, 5.41) is 3.47. The zero-order chi connectivity index (χ0) is 15.0. The topological polar surface area (TPSA) is 21.3 Å². The fraction of sp³-hybridized carbons (Fsp3) is 0.667. The molecule has 1 aromatic carbocycles. The van der Waals surface area contributed by atoms with E-state index in [1.54, 1.807) is 0 Å². The average Bonchev–Trinajstić information content (AvgIpc) is 2.44. The van der Waals surface area contributed by atoms with E-state index in [4.69, 9.17) is 4.74 Å². The molecule has 0 heterocycles. The Labute approximate surface area is 124 Å². The van der Waals surface area contributed by atoms with Crippen molar-refractivity contribution in [1.29, 1.82) is 0 Å². The van der Waals surface area contributed by atoms with Gasteiger partial charge in [-0.25, -0.2) is 0 Å². The Morgan fingerprint density at radius 2 is 1.80 bits per heavy atom. The summed E-state index contributed by atoms with van der Waals surface area (Å²) in [6, 6.07) is 9.12. The van der Waals surface area contributed by atoms with Crippen molar-refractivity contribution in [2.75, 3.05) is 13.2 Å². The van der Waals surface area contributed by atoms with Crippen LogP contribution in [0, 0.1) is 0 Å². The molecule has 0 aliphatic carbocycles. The molecule has 0 bridgehead atoms. The standard InChI is InChI=1S/C18H31NO/c1-6-8-15(3)19-13-14-20-17-11-9-16(10-12-17)18(4,5)7-2/h9-12,15,19H,6-8,13-14H2,1-5H3. The predicted octanol–water partition coefficient (Wildman–Crippen LogP) is 4.53. The molecule has 0 saturated carbocycles. The third kappa shape index (κ3) is 5.54. The van der Waals surface area contributed by atoms with Crippen LogP contribution in [-0.4, -0.2) is 19.2 Å². The van der Waals surface area contributed by atoms with E-state index in [1.165, 1.54) is 18.4 Å². The SMILES string of the molecule is CCCC(C)NCCOc1ccc(C(C)(C)CC)cc1. The zero-order valence-corrected chi connectivity index (χ0v) is 13.8.